The zero-order valence-corrected chi connectivity index (χ0v) is 15.8. The zero-order valence-electron chi connectivity index (χ0n) is 15.0. The molecule has 3 aromatic carbocycles. The molecule has 0 radical (unpaired) electrons. The molecule has 7 heteroatoms. The number of hydrogen-bond donors (Lipinski definition) is 1. The summed E-state index contributed by atoms with van der Waals surface area (Å²) in [5, 5.41) is 0. The second kappa shape index (κ2) is 7.69. The van der Waals surface area contributed by atoms with Gasteiger partial charge in [-0.3, -0.25) is 4.79 Å². The number of carbonyl (C=O) groups is 1. The van der Waals surface area contributed by atoms with Crippen LogP contribution in [0.2, 0.25) is 0 Å². The van der Waals surface area contributed by atoms with Crippen molar-refractivity contribution in [1.82, 2.24) is 0 Å². The molecule has 0 fully saturated rings. The average molecular weight is 411 g/mol. The van der Waals surface area contributed by atoms with Crippen molar-refractivity contribution >= 4 is 33.8 Å². The standard InChI is InChI=1S/C22H15F2NO3S/c23-19-11-8-15(12-20(19)24)21-18(14-6-9-17(10-7-14)29(27)28)13-25(22(21)26)16-4-2-1-3-5-16/h1-12H,13H2,(H,27,28). The number of halogens is 2. The summed E-state index contributed by atoms with van der Waals surface area (Å²) < 4.78 is 47.8. The van der Waals surface area contributed by atoms with Gasteiger partial charge in [-0.05, 0) is 53.1 Å². The van der Waals surface area contributed by atoms with Gasteiger partial charge in [-0.1, -0.05) is 36.4 Å². The molecule has 146 valence electrons. The van der Waals surface area contributed by atoms with Gasteiger partial charge in [-0.2, -0.15) is 0 Å². The van der Waals surface area contributed by atoms with Gasteiger partial charge in [0.1, 0.15) is 0 Å². The smallest absolute Gasteiger partial charge is 0.259 e. The summed E-state index contributed by atoms with van der Waals surface area (Å²) in [6.45, 7) is 0.235. The van der Waals surface area contributed by atoms with Crippen LogP contribution in [0.1, 0.15) is 11.1 Å². The zero-order chi connectivity index (χ0) is 20.5. The number of nitrogens with zero attached hydrogens (tertiary/aromatic N) is 1. The third-order valence-electron chi connectivity index (χ3n) is 4.76. The third kappa shape index (κ3) is 3.62. The molecular formula is C22H15F2NO3S. The van der Waals surface area contributed by atoms with E-state index in [0.717, 1.165) is 12.1 Å². The van der Waals surface area contributed by atoms with Crippen LogP contribution < -0.4 is 4.90 Å². The van der Waals surface area contributed by atoms with Crippen LogP contribution in [0.3, 0.4) is 0 Å². The Bertz CT molecular complexity index is 1140. The molecule has 1 atom stereocenters. The van der Waals surface area contributed by atoms with Gasteiger partial charge in [-0.15, -0.1) is 0 Å². The Kier molecular flexibility index (Phi) is 5.08. The van der Waals surface area contributed by atoms with Gasteiger partial charge in [0.15, 0.2) is 22.7 Å². The van der Waals surface area contributed by atoms with Crippen molar-refractivity contribution in [2.45, 2.75) is 4.90 Å². The van der Waals surface area contributed by atoms with Gasteiger partial charge in [0, 0.05) is 5.69 Å². The molecule has 0 aromatic heterocycles. The lowest BCUT2D eigenvalue weighted by atomic mass is 9.96. The van der Waals surface area contributed by atoms with Gasteiger partial charge in [-0.25, -0.2) is 13.0 Å². The number of anilines is 1. The number of benzene rings is 3. The molecule has 1 unspecified atom stereocenters. The van der Waals surface area contributed by atoms with Crippen LogP contribution in [0.5, 0.6) is 0 Å². The molecule has 4 rings (SSSR count). The number of carbonyl (C=O) groups excluding carboxylic acids is 1. The Hall–Kier alpha value is -3.16. The Morgan fingerprint density at radius 3 is 2.14 bits per heavy atom. The highest BCUT2D eigenvalue weighted by Crippen LogP contribution is 2.37. The maximum Gasteiger partial charge on any atom is 0.259 e. The minimum Gasteiger partial charge on any atom is -0.304 e. The largest absolute Gasteiger partial charge is 0.304 e. The maximum atomic E-state index is 13.9. The van der Waals surface area contributed by atoms with E-state index in [2.05, 4.69) is 0 Å². The van der Waals surface area contributed by atoms with E-state index >= 15 is 0 Å². The highest BCUT2D eigenvalue weighted by atomic mass is 32.2. The van der Waals surface area contributed by atoms with Crippen LogP contribution in [-0.2, 0) is 15.9 Å². The Morgan fingerprint density at radius 2 is 1.52 bits per heavy atom. The topological polar surface area (TPSA) is 57.6 Å². The van der Waals surface area contributed by atoms with Crippen LogP contribution in [0.4, 0.5) is 14.5 Å². The van der Waals surface area contributed by atoms with E-state index in [4.69, 9.17) is 0 Å². The molecule has 0 saturated heterocycles. The Labute approximate surface area is 168 Å². The van der Waals surface area contributed by atoms with Gasteiger partial charge in [0.05, 0.1) is 17.0 Å². The number of hydrogen-bond acceptors (Lipinski definition) is 2. The van der Waals surface area contributed by atoms with Crippen LogP contribution in [0.15, 0.2) is 77.7 Å². The molecule has 1 N–H and O–H groups in total. The molecule has 0 saturated carbocycles. The van der Waals surface area contributed by atoms with Crippen LogP contribution in [0.25, 0.3) is 11.1 Å². The quantitative estimate of drug-likeness (QED) is 0.643. The lowest BCUT2D eigenvalue weighted by Crippen LogP contribution is -2.26. The summed E-state index contributed by atoms with van der Waals surface area (Å²) in [7, 11) is 0. The fourth-order valence-electron chi connectivity index (χ4n) is 3.35. The van der Waals surface area contributed by atoms with Crippen molar-refractivity contribution in [3.05, 3.63) is 95.6 Å². The van der Waals surface area contributed by atoms with E-state index in [-0.39, 0.29) is 28.5 Å². The second-order valence-electron chi connectivity index (χ2n) is 6.48. The van der Waals surface area contributed by atoms with Gasteiger partial charge in [0.2, 0.25) is 0 Å². The lowest BCUT2D eigenvalue weighted by Gasteiger charge is -2.17. The Morgan fingerprint density at radius 1 is 0.862 bits per heavy atom. The fraction of sp³-hybridized carbons (Fsp3) is 0.0455. The lowest BCUT2D eigenvalue weighted by molar-refractivity contribution is -0.112. The van der Waals surface area contributed by atoms with E-state index in [0.29, 0.717) is 16.8 Å². The third-order valence-corrected chi connectivity index (χ3v) is 5.43. The summed E-state index contributed by atoms with van der Waals surface area (Å²) in [5.74, 6) is -2.35. The SMILES string of the molecule is O=C1C(c2ccc(F)c(F)c2)=C(c2ccc(S(=O)O)cc2)CN1c1ccccc1. The first kappa shape index (κ1) is 19.2. The van der Waals surface area contributed by atoms with Crippen LogP contribution >= 0.6 is 0 Å². The number of amides is 1. The first-order chi connectivity index (χ1) is 14.0. The van der Waals surface area contributed by atoms with Crippen LogP contribution in [0, 0.1) is 11.6 Å². The predicted molar refractivity (Wildman–Crippen MR) is 107 cm³/mol. The Balaban J connectivity index is 1.85. The molecule has 0 spiro atoms. The monoisotopic (exact) mass is 411 g/mol. The predicted octanol–water partition coefficient (Wildman–Crippen LogP) is 4.50. The minimum atomic E-state index is -2.12. The first-order valence-electron chi connectivity index (χ1n) is 8.72. The van der Waals surface area contributed by atoms with Crippen molar-refractivity contribution < 1.29 is 22.3 Å². The molecule has 3 aromatic rings. The molecule has 0 aliphatic carbocycles. The van der Waals surface area contributed by atoms with E-state index < -0.39 is 22.7 Å². The average Bonchev–Trinajstić information content (AvgIpc) is 3.08. The van der Waals surface area contributed by atoms with Crippen molar-refractivity contribution in [3.8, 4) is 0 Å². The number of para-hydroxylation sites is 1. The van der Waals surface area contributed by atoms with Crippen molar-refractivity contribution in [2.24, 2.45) is 0 Å². The molecule has 1 amide bonds. The molecule has 29 heavy (non-hydrogen) atoms. The second-order valence-corrected chi connectivity index (χ2v) is 7.45. The number of rotatable bonds is 4. The molecule has 1 heterocycles. The van der Waals surface area contributed by atoms with Gasteiger partial charge < -0.3 is 9.45 Å². The van der Waals surface area contributed by atoms with Crippen molar-refractivity contribution in [3.63, 3.8) is 0 Å². The summed E-state index contributed by atoms with van der Waals surface area (Å²) in [6, 6.07) is 18.7. The molecular weight excluding hydrogens is 396 g/mol. The summed E-state index contributed by atoms with van der Waals surface area (Å²) >= 11 is -2.12. The van der Waals surface area contributed by atoms with E-state index in [9.17, 15) is 22.3 Å². The summed E-state index contributed by atoms with van der Waals surface area (Å²) in [4.78, 5) is 15.0. The van der Waals surface area contributed by atoms with Crippen LogP contribution in [-0.4, -0.2) is 21.2 Å². The van der Waals surface area contributed by atoms with Gasteiger partial charge in [0.25, 0.3) is 5.91 Å². The summed E-state index contributed by atoms with van der Waals surface area (Å²) in [5.41, 5.74) is 2.51. The van der Waals surface area contributed by atoms with E-state index in [1.807, 2.05) is 18.2 Å². The molecule has 1 aliphatic heterocycles. The molecule has 1 aliphatic rings. The highest BCUT2D eigenvalue weighted by Gasteiger charge is 2.33. The van der Waals surface area contributed by atoms with E-state index in [1.165, 1.54) is 18.2 Å². The fourth-order valence-corrected chi connectivity index (χ4v) is 3.72. The maximum absolute atomic E-state index is 13.9. The van der Waals surface area contributed by atoms with Gasteiger partial charge >= 0.3 is 0 Å². The first-order valence-corrected chi connectivity index (χ1v) is 9.83. The van der Waals surface area contributed by atoms with Crippen molar-refractivity contribution in [2.75, 3.05) is 11.4 Å². The molecule has 0 bridgehead atoms. The molecule has 4 nitrogen and oxygen atoms in total. The van der Waals surface area contributed by atoms with E-state index in [1.54, 1.807) is 29.2 Å². The normalized spacial score (nSPS) is 15.1. The summed E-state index contributed by atoms with van der Waals surface area (Å²) in [6.07, 6.45) is 0. The minimum absolute atomic E-state index is 0.230. The highest BCUT2D eigenvalue weighted by molar-refractivity contribution is 7.79. The van der Waals surface area contributed by atoms with Crippen molar-refractivity contribution in [1.29, 1.82) is 0 Å².